The summed E-state index contributed by atoms with van der Waals surface area (Å²) in [6.07, 6.45) is 7.01. The largest absolute Gasteiger partial charge is 0.302 e. The van der Waals surface area contributed by atoms with Gasteiger partial charge in [-0.2, -0.15) is 0 Å². The maximum Gasteiger partial charge on any atom is 0.0484 e. The molecule has 0 amide bonds. The zero-order valence-corrected chi connectivity index (χ0v) is 13.4. The molecule has 2 bridgehead atoms. The molecule has 1 nitrogen and oxygen atoms in total. The quantitative estimate of drug-likeness (QED) is 0.449. The first-order valence-electron chi connectivity index (χ1n) is 6.57. The molecule has 0 aliphatic heterocycles. The smallest absolute Gasteiger partial charge is 0.0484 e. The van der Waals surface area contributed by atoms with Crippen molar-refractivity contribution in [2.75, 3.05) is 4.55 Å². The van der Waals surface area contributed by atoms with Crippen molar-refractivity contribution in [3.63, 3.8) is 0 Å². The van der Waals surface area contributed by atoms with Crippen LogP contribution >= 0.6 is 22.6 Å². The maximum atomic E-state index is 3.83. The van der Waals surface area contributed by atoms with Crippen molar-refractivity contribution in [1.82, 2.24) is 5.32 Å². The molecule has 0 radical (unpaired) electrons. The normalized spacial score (nSPS) is 40.7. The lowest BCUT2D eigenvalue weighted by Gasteiger charge is -2.56. The van der Waals surface area contributed by atoms with Gasteiger partial charge in [0.1, 0.15) is 0 Å². The van der Waals surface area contributed by atoms with Crippen LogP contribution in [0.4, 0.5) is 0 Å². The van der Waals surface area contributed by atoms with Crippen LogP contribution in [0.2, 0.25) is 0 Å². The Labute approximate surface area is 114 Å². The van der Waals surface area contributed by atoms with Crippen molar-refractivity contribution in [3.8, 4) is 0 Å². The highest BCUT2D eigenvalue weighted by Gasteiger charge is 2.50. The molecule has 0 atom stereocenters. The zero-order chi connectivity index (χ0) is 12.0. The van der Waals surface area contributed by atoms with Gasteiger partial charge in [-0.15, -0.1) is 0 Å². The van der Waals surface area contributed by atoms with Gasteiger partial charge in [-0.25, -0.2) is 0 Å². The molecule has 2 heteroatoms. The van der Waals surface area contributed by atoms with Gasteiger partial charge < -0.3 is 5.32 Å². The standard InChI is InChI=1S/C14H26IN/c1-12(2)5-11-6-13(3,4)9-14(7-11,8-12)16-10-15/h11,16H,5-10H2,1-4H3. The molecule has 0 heterocycles. The lowest BCUT2D eigenvalue weighted by Crippen LogP contribution is -2.57. The first-order chi connectivity index (χ1) is 7.26. The molecule has 2 saturated carbocycles. The van der Waals surface area contributed by atoms with E-state index >= 15 is 0 Å². The van der Waals surface area contributed by atoms with E-state index in [0.29, 0.717) is 16.4 Å². The summed E-state index contributed by atoms with van der Waals surface area (Å²) in [5.74, 6) is 0.947. The summed E-state index contributed by atoms with van der Waals surface area (Å²) >= 11 is 2.47. The number of halogens is 1. The van der Waals surface area contributed by atoms with E-state index in [-0.39, 0.29) is 0 Å². The van der Waals surface area contributed by atoms with Gasteiger partial charge >= 0.3 is 0 Å². The Balaban J connectivity index is 2.23. The highest BCUT2D eigenvalue weighted by Crippen LogP contribution is 2.55. The first-order valence-corrected chi connectivity index (χ1v) is 8.10. The summed E-state index contributed by atoms with van der Waals surface area (Å²) in [6, 6.07) is 0. The molecule has 0 unspecified atom stereocenters. The number of alkyl halides is 1. The Hall–Kier alpha value is 0.690. The number of nitrogens with one attached hydrogen (secondary N) is 1. The summed E-state index contributed by atoms with van der Waals surface area (Å²) < 4.78 is 1.09. The summed E-state index contributed by atoms with van der Waals surface area (Å²) in [6.45, 7) is 9.84. The molecule has 0 aromatic heterocycles. The Morgan fingerprint density at radius 3 is 1.94 bits per heavy atom. The van der Waals surface area contributed by atoms with E-state index in [1.807, 2.05) is 0 Å². The van der Waals surface area contributed by atoms with Gasteiger partial charge in [0.15, 0.2) is 0 Å². The van der Waals surface area contributed by atoms with Gasteiger partial charge in [0, 0.05) is 10.1 Å². The molecule has 0 aromatic carbocycles. The number of rotatable bonds is 2. The van der Waals surface area contributed by atoms with Crippen LogP contribution < -0.4 is 5.32 Å². The molecular weight excluding hydrogens is 309 g/mol. The van der Waals surface area contributed by atoms with E-state index in [9.17, 15) is 0 Å². The third-order valence-corrected chi connectivity index (χ3v) is 4.82. The van der Waals surface area contributed by atoms with Crippen LogP contribution in [0.5, 0.6) is 0 Å². The minimum Gasteiger partial charge on any atom is -0.302 e. The van der Waals surface area contributed by atoms with Gasteiger partial charge in [0.05, 0.1) is 0 Å². The third-order valence-electron chi connectivity index (χ3n) is 4.44. The first kappa shape index (κ1) is 13.1. The molecule has 0 aromatic rings. The lowest BCUT2D eigenvalue weighted by atomic mass is 9.53. The third kappa shape index (κ3) is 2.74. The molecule has 1 N–H and O–H groups in total. The van der Waals surface area contributed by atoms with Gasteiger partial charge in [-0.1, -0.05) is 50.3 Å². The maximum absolute atomic E-state index is 3.83. The predicted octanol–water partition coefficient (Wildman–Crippen LogP) is 4.35. The Morgan fingerprint density at radius 2 is 1.50 bits per heavy atom. The molecule has 2 rings (SSSR count). The number of fused-ring (bicyclic) bond motifs is 2. The minimum absolute atomic E-state index is 0.440. The molecule has 94 valence electrons. The molecule has 2 aliphatic rings. The van der Waals surface area contributed by atoms with Gasteiger partial charge in [-0.3, -0.25) is 0 Å². The zero-order valence-electron chi connectivity index (χ0n) is 11.2. The second kappa shape index (κ2) is 4.11. The number of hydrogen-bond donors (Lipinski definition) is 1. The monoisotopic (exact) mass is 335 g/mol. The van der Waals surface area contributed by atoms with E-state index in [0.717, 1.165) is 10.5 Å². The van der Waals surface area contributed by atoms with Crippen LogP contribution in [0.15, 0.2) is 0 Å². The summed E-state index contributed by atoms with van der Waals surface area (Å²) in [5, 5.41) is 3.83. The highest BCUT2D eigenvalue weighted by molar-refractivity contribution is 14.1. The van der Waals surface area contributed by atoms with Crippen molar-refractivity contribution >= 4 is 22.6 Å². The topological polar surface area (TPSA) is 12.0 Å². The van der Waals surface area contributed by atoms with Crippen LogP contribution in [0.3, 0.4) is 0 Å². The van der Waals surface area contributed by atoms with Gasteiger partial charge in [0.2, 0.25) is 0 Å². The highest BCUT2D eigenvalue weighted by atomic mass is 127. The average Bonchev–Trinajstić information content (AvgIpc) is 1.94. The van der Waals surface area contributed by atoms with Crippen molar-refractivity contribution in [2.24, 2.45) is 16.7 Å². The van der Waals surface area contributed by atoms with E-state index in [2.05, 4.69) is 55.6 Å². The molecule has 16 heavy (non-hydrogen) atoms. The Morgan fingerprint density at radius 1 is 1.00 bits per heavy atom. The fraction of sp³-hybridized carbons (Fsp3) is 1.00. The van der Waals surface area contributed by atoms with Crippen molar-refractivity contribution in [3.05, 3.63) is 0 Å². The van der Waals surface area contributed by atoms with Crippen LogP contribution in [-0.4, -0.2) is 10.1 Å². The molecular formula is C14H26IN. The summed E-state index contributed by atoms with van der Waals surface area (Å²) in [5.41, 5.74) is 1.52. The summed E-state index contributed by atoms with van der Waals surface area (Å²) in [4.78, 5) is 0. The molecule has 0 spiro atoms. The van der Waals surface area contributed by atoms with E-state index in [1.165, 1.54) is 32.1 Å². The average molecular weight is 335 g/mol. The minimum atomic E-state index is 0.440. The second-order valence-electron chi connectivity index (χ2n) is 7.75. The Kier molecular flexibility index (Phi) is 3.38. The molecule has 0 saturated heterocycles. The van der Waals surface area contributed by atoms with Crippen LogP contribution in [0.25, 0.3) is 0 Å². The van der Waals surface area contributed by atoms with E-state index < -0.39 is 0 Å². The van der Waals surface area contributed by atoms with E-state index in [1.54, 1.807) is 0 Å². The predicted molar refractivity (Wildman–Crippen MR) is 78.9 cm³/mol. The number of hydrogen-bond acceptors (Lipinski definition) is 1. The lowest BCUT2D eigenvalue weighted by molar-refractivity contribution is -0.0160. The van der Waals surface area contributed by atoms with Crippen LogP contribution in [-0.2, 0) is 0 Å². The van der Waals surface area contributed by atoms with Crippen molar-refractivity contribution in [2.45, 2.75) is 65.3 Å². The molecule has 2 aliphatic carbocycles. The van der Waals surface area contributed by atoms with Gasteiger partial charge in [0.25, 0.3) is 0 Å². The van der Waals surface area contributed by atoms with E-state index in [4.69, 9.17) is 0 Å². The van der Waals surface area contributed by atoms with Gasteiger partial charge in [-0.05, 0) is 48.9 Å². The van der Waals surface area contributed by atoms with Crippen molar-refractivity contribution in [1.29, 1.82) is 0 Å². The summed E-state index contributed by atoms with van der Waals surface area (Å²) in [7, 11) is 0. The fourth-order valence-corrected chi connectivity index (χ4v) is 5.66. The Bertz CT molecular complexity index is 250. The van der Waals surface area contributed by atoms with Crippen molar-refractivity contribution < 1.29 is 0 Å². The van der Waals surface area contributed by atoms with Crippen LogP contribution in [0, 0.1) is 16.7 Å². The second-order valence-corrected chi connectivity index (χ2v) is 8.51. The molecule has 2 fully saturated rings. The van der Waals surface area contributed by atoms with Crippen LogP contribution in [0.1, 0.15) is 59.8 Å². The fourth-order valence-electron chi connectivity index (χ4n) is 4.85. The SMILES string of the molecule is CC1(C)CC2CC(C)(C)CC(NCI)(C2)C1.